The maximum absolute atomic E-state index is 12.8. The lowest BCUT2D eigenvalue weighted by Gasteiger charge is -2.34. The van der Waals surface area contributed by atoms with Gasteiger partial charge < -0.3 is 23.7 Å². The van der Waals surface area contributed by atoms with Crippen molar-refractivity contribution in [1.82, 2.24) is 14.8 Å². The van der Waals surface area contributed by atoms with Crippen molar-refractivity contribution < 1.29 is 23.5 Å². The quantitative estimate of drug-likeness (QED) is 0.798. The highest BCUT2D eigenvalue weighted by Gasteiger charge is 2.27. The molecule has 28 heavy (non-hydrogen) atoms. The van der Waals surface area contributed by atoms with Crippen LogP contribution in [0.4, 0.5) is 0 Å². The van der Waals surface area contributed by atoms with Crippen LogP contribution in [0.1, 0.15) is 33.8 Å². The number of ether oxygens (including phenoxy) is 2. The Morgan fingerprint density at radius 2 is 1.75 bits per heavy atom. The van der Waals surface area contributed by atoms with Crippen LogP contribution in [0.3, 0.4) is 0 Å². The van der Waals surface area contributed by atoms with Crippen molar-refractivity contribution in [2.45, 2.75) is 18.9 Å². The lowest BCUT2D eigenvalue weighted by molar-refractivity contribution is 0.0236. The molecule has 4 heterocycles. The van der Waals surface area contributed by atoms with Crippen molar-refractivity contribution in [3.8, 4) is 5.88 Å². The monoisotopic (exact) mass is 385 g/mol. The summed E-state index contributed by atoms with van der Waals surface area (Å²) in [5.74, 6) is 0.561. The van der Waals surface area contributed by atoms with Gasteiger partial charge in [0, 0.05) is 56.8 Å². The van der Waals surface area contributed by atoms with Crippen molar-refractivity contribution in [1.29, 1.82) is 0 Å². The highest BCUT2D eigenvalue weighted by molar-refractivity contribution is 5.95. The summed E-state index contributed by atoms with van der Waals surface area (Å²) < 4.78 is 16.4. The van der Waals surface area contributed by atoms with Crippen molar-refractivity contribution in [2.24, 2.45) is 0 Å². The van der Waals surface area contributed by atoms with Crippen LogP contribution in [-0.4, -0.2) is 72.1 Å². The first-order chi connectivity index (χ1) is 13.7. The first-order valence-corrected chi connectivity index (χ1v) is 9.53. The van der Waals surface area contributed by atoms with Crippen LogP contribution >= 0.6 is 0 Å². The number of carbonyl (C=O) groups is 2. The molecule has 2 aliphatic rings. The Hall–Kier alpha value is -2.87. The minimum atomic E-state index is -0.145. The minimum Gasteiger partial charge on any atom is -0.474 e. The van der Waals surface area contributed by atoms with Gasteiger partial charge in [-0.3, -0.25) is 9.59 Å². The molecule has 4 rings (SSSR count). The molecule has 0 radical (unpaired) electrons. The standard InChI is InChI=1S/C20H23N3O5/c24-19(15-3-6-21-18(14-15)28-16-4-12-26-13-5-16)22-7-9-23(10-8-22)20(25)17-2-1-11-27-17/h1-3,6,11,14,16H,4-5,7-10,12-13H2. The van der Waals surface area contributed by atoms with Gasteiger partial charge >= 0.3 is 0 Å². The van der Waals surface area contributed by atoms with E-state index < -0.39 is 0 Å². The van der Waals surface area contributed by atoms with Gasteiger partial charge in [0.2, 0.25) is 5.88 Å². The second-order valence-electron chi connectivity index (χ2n) is 6.87. The maximum atomic E-state index is 12.8. The molecule has 0 N–H and O–H groups in total. The third kappa shape index (κ3) is 4.17. The van der Waals surface area contributed by atoms with E-state index in [1.165, 1.54) is 6.26 Å². The Labute approximate surface area is 163 Å². The number of amides is 2. The second-order valence-corrected chi connectivity index (χ2v) is 6.87. The SMILES string of the molecule is O=C(c1ccnc(OC2CCOCC2)c1)N1CCN(C(=O)c2ccco2)CC1. The van der Waals surface area contributed by atoms with Crippen LogP contribution < -0.4 is 4.74 Å². The normalized spacial score (nSPS) is 18.1. The van der Waals surface area contributed by atoms with Gasteiger partial charge in [-0.25, -0.2) is 4.98 Å². The summed E-state index contributed by atoms with van der Waals surface area (Å²) in [6.07, 6.45) is 4.80. The predicted molar refractivity (Wildman–Crippen MR) is 99.2 cm³/mol. The van der Waals surface area contributed by atoms with E-state index in [9.17, 15) is 9.59 Å². The summed E-state index contributed by atoms with van der Waals surface area (Å²) in [6, 6.07) is 6.73. The van der Waals surface area contributed by atoms with Gasteiger partial charge in [-0.05, 0) is 18.2 Å². The van der Waals surface area contributed by atoms with Gasteiger partial charge in [0.25, 0.3) is 11.8 Å². The fraction of sp³-hybridized carbons (Fsp3) is 0.450. The third-order valence-electron chi connectivity index (χ3n) is 5.02. The zero-order chi connectivity index (χ0) is 19.3. The summed E-state index contributed by atoms with van der Waals surface area (Å²) in [6.45, 7) is 3.27. The summed E-state index contributed by atoms with van der Waals surface area (Å²) in [5.41, 5.74) is 0.544. The largest absolute Gasteiger partial charge is 0.474 e. The summed E-state index contributed by atoms with van der Waals surface area (Å²) in [5, 5.41) is 0. The zero-order valence-corrected chi connectivity index (χ0v) is 15.6. The summed E-state index contributed by atoms with van der Waals surface area (Å²) >= 11 is 0. The molecule has 148 valence electrons. The van der Waals surface area contributed by atoms with E-state index in [1.807, 2.05) is 0 Å². The first kappa shape index (κ1) is 18.5. The van der Waals surface area contributed by atoms with E-state index in [1.54, 1.807) is 40.3 Å². The number of nitrogens with zero attached hydrogens (tertiary/aromatic N) is 3. The van der Waals surface area contributed by atoms with Gasteiger partial charge in [0.1, 0.15) is 6.10 Å². The molecule has 2 fully saturated rings. The van der Waals surface area contributed by atoms with Crippen LogP contribution in [0.2, 0.25) is 0 Å². The number of pyridine rings is 1. The first-order valence-electron chi connectivity index (χ1n) is 9.53. The minimum absolute atomic E-state index is 0.0720. The molecule has 8 heteroatoms. The van der Waals surface area contributed by atoms with Crippen LogP contribution in [0.25, 0.3) is 0 Å². The van der Waals surface area contributed by atoms with Crippen LogP contribution in [0, 0.1) is 0 Å². The highest BCUT2D eigenvalue weighted by atomic mass is 16.5. The molecule has 2 saturated heterocycles. The third-order valence-corrected chi connectivity index (χ3v) is 5.02. The molecule has 2 amide bonds. The number of piperazine rings is 1. The van der Waals surface area contributed by atoms with E-state index in [2.05, 4.69) is 4.98 Å². The Balaban J connectivity index is 1.34. The Morgan fingerprint density at radius 1 is 1.04 bits per heavy atom. The number of rotatable bonds is 4. The van der Waals surface area contributed by atoms with E-state index >= 15 is 0 Å². The molecule has 2 aromatic heterocycles. The van der Waals surface area contributed by atoms with Crippen molar-refractivity contribution in [3.05, 3.63) is 48.0 Å². The van der Waals surface area contributed by atoms with Gasteiger partial charge in [0.05, 0.1) is 19.5 Å². The lowest BCUT2D eigenvalue weighted by Crippen LogP contribution is -2.50. The van der Waals surface area contributed by atoms with Gasteiger partial charge in [0.15, 0.2) is 5.76 Å². The highest BCUT2D eigenvalue weighted by Crippen LogP contribution is 2.18. The Bertz CT molecular complexity index is 809. The fourth-order valence-corrected chi connectivity index (χ4v) is 3.42. The molecule has 0 aliphatic carbocycles. The van der Waals surface area contributed by atoms with Gasteiger partial charge in [-0.15, -0.1) is 0 Å². The summed E-state index contributed by atoms with van der Waals surface area (Å²) in [7, 11) is 0. The Morgan fingerprint density at radius 3 is 2.43 bits per heavy atom. The van der Waals surface area contributed by atoms with E-state index in [0.29, 0.717) is 56.6 Å². The van der Waals surface area contributed by atoms with Gasteiger partial charge in [-0.1, -0.05) is 0 Å². The molecule has 2 aromatic rings. The number of carbonyl (C=O) groups excluding carboxylic acids is 2. The molecule has 2 aliphatic heterocycles. The smallest absolute Gasteiger partial charge is 0.289 e. The molecule has 0 bridgehead atoms. The second kappa shape index (κ2) is 8.43. The number of hydrogen-bond donors (Lipinski definition) is 0. The van der Waals surface area contributed by atoms with Crippen molar-refractivity contribution >= 4 is 11.8 Å². The van der Waals surface area contributed by atoms with Crippen molar-refractivity contribution in [2.75, 3.05) is 39.4 Å². The molecule has 0 spiro atoms. The average molecular weight is 385 g/mol. The molecule has 0 saturated carbocycles. The Kier molecular flexibility index (Phi) is 5.57. The van der Waals surface area contributed by atoms with E-state index in [4.69, 9.17) is 13.9 Å². The fourth-order valence-electron chi connectivity index (χ4n) is 3.42. The lowest BCUT2D eigenvalue weighted by atomic mass is 10.1. The van der Waals surface area contributed by atoms with E-state index in [-0.39, 0.29) is 17.9 Å². The van der Waals surface area contributed by atoms with Crippen LogP contribution in [0.5, 0.6) is 5.88 Å². The van der Waals surface area contributed by atoms with Crippen molar-refractivity contribution in [3.63, 3.8) is 0 Å². The molecule has 0 aromatic carbocycles. The summed E-state index contributed by atoms with van der Waals surface area (Å²) in [4.78, 5) is 32.9. The molecular formula is C20H23N3O5. The zero-order valence-electron chi connectivity index (χ0n) is 15.6. The molecule has 0 unspecified atom stereocenters. The molecule has 8 nitrogen and oxygen atoms in total. The number of hydrogen-bond acceptors (Lipinski definition) is 6. The van der Waals surface area contributed by atoms with Crippen LogP contribution in [0.15, 0.2) is 41.1 Å². The molecule has 0 atom stereocenters. The molecular weight excluding hydrogens is 362 g/mol. The predicted octanol–water partition coefficient (Wildman–Crippen LogP) is 1.83. The van der Waals surface area contributed by atoms with E-state index in [0.717, 1.165) is 12.8 Å². The number of furan rings is 1. The maximum Gasteiger partial charge on any atom is 0.289 e. The average Bonchev–Trinajstić information content (AvgIpc) is 3.29. The van der Waals surface area contributed by atoms with Gasteiger partial charge in [-0.2, -0.15) is 0 Å². The topological polar surface area (TPSA) is 85.1 Å². The number of aromatic nitrogens is 1. The van der Waals surface area contributed by atoms with Crippen LogP contribution in [-0.2, 0) is 4.74 Å².